The van der Waals surface area contributed by atoms with Crippen molar-refractivity contribution in [1.29, 1.82) is 0 Å². The molecule has 19 heavy (non-hydrogen) atoms. The Bertz CT molecular complexity index is 586. The van der Waals surface area contributed by atoms with E-state index in [0.29, 0.717) is 18.2 Å². The molecule has 2 rings (SSSR count). The molecule has 0 atom stereocenters. The monoisotopic (exact) mass is 280 g/mol. The van der Waals surface area contributed by atoms with E-state index in [4.69, 9.17) is 9.15 Å². The first-order chi connectivity index (χ1) is 9.04. The average Bonchev–Trinajstić information content (AvgIpc) is 2.94. The van der Waals surface area contributed by atoms with Crippen molar-refractivity contribution in [2.24, 2.45) is 0 Å². The molecule has 0 spiro atoms. The summed E-state index contributed by atoms with van der Waals surface area (Å²) in [5.41, 5.74) is 3.20. The van der Waals surface area contributed by atoms with E-state index in [1.807, 2.05) is 20.8 Å². The standard InChI is InChI=1S/C13H16N2O3S/c1-5-17-13(16)10-9(7(2)3)15-12(18-10)11-8(4)14-6-19-11/h6-7H,5H2,1-4H3. The van der Waals surface area contributed by atoms with E-state index in [-0.39, 0.29) is 11.7 Å². The number of hydrogen-bond donors (Lipinski definition) is 0. The van der Waals surface area contributed by atoms with Gasteiger partial charge in [-0.3, -0.25) is 0 Å². The van der Waals surface area contributed by atoms with E-state index in [2.05, 4.69) is 9.97 Å². The number of carbonyl (C=O) groups is 1. The van der Waals surface area contributed by atoms with Crippen LogP contribution in [0.5, 0.6) is 0 Å². The lowest BCUT2D eigenvalue weighted by atomic mass is 10.1. The predicted molar refractivity (Wildman–Crippen MR) is 72.4 cm³/mol. The van der Waals surface area contributed by atoms with E-state index in [0.717, 1.165) is 10.6 Å². The molecule has 0 saturated carbocycles. The summed E-state index contributed by atoms with van der Waals surface area (Å²) in [6, 6.07) is 0. The van der Waals surface area contributed by atoms with E-state index >= 15 is 0 Å². The summed E-state index contributed by atoms with van der Waals surface area (Å²) in [6.45, 7) is 7.88. The van der Waals surface area contributed by atoms with Crippen LogP contribution in [0.3, 0.4) is 0 Å². The van der Waals surface area contributed by atoms with Crippen molar-refractivity contribution in [3.8, 4) is 10.8 Å². The van der Waals surface area contributed by atoms with Crippen LogP contribution in [0, 0.1) is 6.92 Å². The van der Waals surface area contributed by atoms with Crippen molar-refractivity contribution in [2.75, 3.05) is 6.61 Å². The summed E-state index contributed by atoms with van der Waals surface area (Å²) in [5, 5.41) is 0. The molecule has 102 valence electrons. The minimum Gasteiger partial charge on any atom is -0.460 e. The van der Waals surface area contributed by atoms with E-state index < -0.39 is 5.97 Å². The zero-order chi connectivity index (χ0) is 14.0. The zero-order valence-corrected chi connectivity index (χ0v) is 12.2. The summed E-state index contributed by atoms with van der Waals surface area (Å²) >= 11 is 1.44. The minimum absolute atomic E-state index is 0.0881. The van der Waals surface area contributed by atoms with Crippen molar-refractivity contribution in [3.05, 3.63) is 22.7 Å². The molecule has 0 aliphatic rings. The summed E-state index contributed by atoms with van der Waals surface area (Å²) < 4.78 is 10.6. The van der Waals surface area contributed by atoms with Gasteiger partial charge in [0.15, 0.2) is 0 Å². The predicted octanol–water partition coefficient (Wildman–Crippen LogP) is 3.41. The normalized spacial score (nSPS) is 11.0. The molecule has 2 heterocycles. The van der Waals surface area contributed by atoms with Gasteiger partial charge in [0.05, 0.1) is 23.5 Å². The van der Waals surface area contributed by atoms with Gasteiger partial charge in [0, 0.05) is 0 Å². The van der Waals surface area contributed by atoms with Crippen LogP contribution in [0.25, 0.3) is 10.8 Å². The number of hydrogen-bond acceptors (Lipinski definition) is 6. The Balaban J connectivity index is 2.46. The minimum atomic E-state index is -0.466. The second kappa shape index (κ2) is 5.52. The Hall–Kier alpha value is -1.69. The molecule has 0 fully saturated rings. The van der Waals surface area contributed by atoms with Crippen LogP contribution in [0.15, 0.2) is 9.93 Å². The van der Waals surface area contributed by atoms with Crippen LogP contribution in [-0.2, 0) is 4.74 Å². The van der Waals surface area contributed by atoms with Gasteiger partial charge >= 0.3 is 5.97 Å². The van der Waals surface area contributed by atoms with E-state index in [1.165, 1.54) is 11.3 Å². The van der Waals surface area contributed by atoms with Crippen molar-refractivity contribution in [1.82, 2.24) is 9.97 Å². The highest BCUT2D eigenvalue weighted by Gasteiger charge is 2.25. The summed E-state index contributed by atoms with van der Waals surface area (Å²) in [5.74, 6) is 0.253. The highest BCUT2D eigenvalue weighted by Crippen LogP contribution is 2.31. The smallest absolute Gasteiger partial charge is 0.376 e. The van der Waals surface area contributed by atoms with Crippen molar-refractivity contribution in [2.45, 2.75) is 33.6 Å². The van der Waals surface area contributed by atoms with Gasteiger partial charge in [0.25, 0.3) is 0 Å². The average molecular weight is 280 g/mol. The van der Waals surface area contributed by atoms with Gasteiger partial charge in [-0.1, -0.05) is 13.8 Å². The van der Waals surface area contributed by atoms with Crippen molar-refractivity contribution >= 4 is 17.3 Å². The second-order valence-corrected chi connectivity index (χ2v) is 5.23. The maximum atomic E-state index is 11.9. The molecule has 2 aromatic rings. The molecule has 0 saturated heterocycles. The summed E-state index contributed by atoms with van der Waals surface area (Å²) in [7, 11) is 0. The second-order valence-electron chi connectivity index (χ2n) is 4.38. The van der Waals surface area contributed by atoms with Gasteiger partial charge in [0.1, 0.15) is 4.88 Å². The lowest BCUT2D eigenvalue weighted by Gasteiger charge is -2.02. The molecule has 5 nitrogen and oxygen atoms in total. The van der Waals surface area contributed by atoms with Crippen LogP contribution in [0.4, 0.5) is 0 Å². The first-order valence-corrected chi connectivity index (χ1v) is 7.00. The Morgan fingerprint density at radius 3 is 2.79 bits per heavy atom. The molecule has 0 aromatic carbocycles. The van der Waals surface area contributed by atoms with Crippen LogP contribution in [0.2, 0.25) is 0 Å². The Kier molecular flexibility index (Phi) is 3.99. The van der Waals surface area contributed by atoms with Gasteiger partial charge in [-0.25, -0.2) is 14.8 Å². The van der Waals surface area contributed by atoms with Crippen LogP contribution in [-0.4, -0.2) is 22.5 Å². The number of nitrogens with zero attached hydrogens (tertiary/aromatic N) is 2. The van der Waals surface area contributed by atoms with Gasteiger partial charge in [-0.2, -0.15) is 0 Å². The molecular weight excluding hydrogens is 264 g/mol. The van der Waals surface area contributed by atoms with Crippen LogP contribution < -0.4 is 0 Å². The maximum Gasteiger partial charge on any atom is 0.376 e. The molecule has 0 aliphatic carbocycles. The molecule has 6 heteroatoms. The lowest BCUT2D eigenvalue weighted by molar-refractivity contribution is 0.0488. The van der Waals surface area contributed by atoms with Gasteiger partial charge in [0.2, 0.25) is 11.7 Å². The third-order valence-corrected chi connectivity index (χ3v) is 3.52. The molecular formula is C13H16N2O3S. The third kappa shape index (κ3) is 2.68. The Labute approximate surface area is 115 Å². The number of oxazole rings is 1. The van der Waals surface area contributed by atoms with Crippen LogP contribution >= 0.6 is 11.3 Å². The quantitative estimate of drug-likeness (QED) is 0.803. The van der Waals surface area contributed by atoms with E-state index in [9.17, 15) is 4.79 Å². The highest BCUT2D eigenvalue weighted by molar-refractivity contribution is 7.13. The van der Waals surface area contributed by atoms with Crippen LogP contribution in [0.1, 0.15) is 48.6 Å². The number of rotatable bonds is 4. The lowest BCUT2D eigenvalue weighted by Crippen LogP contribution is -2.07. The maximum absolute atomic E-state index is 11.9. The number of aromatic nitrogens is 2. The summed E-state index contributed by atoms with van der Waals surface area (Å²) in [4.78, 5) is 21.3. The first kappa shape index (κ1) is 13.7. The molecule has 0 unspecified atom stereocenters. The van der Waals surface area contributed by atoms with Crippen molar-refractivity contribution < 1.29 is 13.9 Å². The Morgan fingerprint density at radius 2 is 2.26 bits per heavy atom. The first-order valence-electron chi connectivity index (χ1n) is 6.12. The molecule has 0 N–H and O–H groups in total. The van der Waals surface area contributed by atoms with E-state index in [1.54, 1.807) is 12.4 Å². The molecule has 0 aliphatic heterocycles. The van der Waals surface area contributed by atoms with Gasteiger partial charge in [-0.15, -0.1) is 11.3 Å². The topological polar surface area (TPSA) is 65.2 Å². The number of esters is 1. The van der Waals surface area contributed by atoms with Gasteiger partial charge < -0.3 is 9.15 Å². The highest BCUT2D eigenvalue weighted by atomic mass is 32.1. The SMILES string of the molecule is CCOC(=O)c1oc(-c2scnc2C)nc1C(C)C. The van der Waals surface area contributed by atoms with Gasteiger partial charge in [-0.05, 0) is 19.8 Å². The molecule has 2 aromatic heterocycles. The fraction of sp³-hybridized carbons (Fsp3) is 0.462. The molecule has 0 bridgehead atoms. The third-order valence-electron chi connectivity index (χ3n) is 2.60. The fourth-order valence-corrected chi connectivity index (χ4v) is 2.40. The number of ether oxygens (including phenoxy) is 1. The molecule has 0 radical (unpaired) electrons. The fourth-order valence-electron chi connectivity index (χ4n) is 1.67. The number of aryl methyl sites for hydroxylation is 1. The summed E-state index contributed by atoms with van der Waals surface area (Å²) in [6.07, 6.45) is 0. The van der Waals surface area contributed by atoms with Crippen molar-refractivity contribution in [3.63, 3.8) is 0 Å². The number of thiazole rings is 1. The number of carbonyl (C=O) groups excluding carboxylic acids is 1. The zero-order valence-electron chi connectivity index (χ0n) is 11.4. The Morgan fingerprint density at radius 1 is 1.53 bits per heavy atom. The largest absolute Gasteiger partial charge is 0.460 e. The molecule has 0 amide bonds.